The summed E-state index contributed by atoms with van der Waals surface area (Å²) in [6, 6.07) is 6.15. The van der Waals surface area contributed by atoms with Crippen LogP contribution in [0.4, 0.5) is 10.5 Å². The lowest BCUT2D eigenvalue weighted by molar-refractivity contribution is -0.143. The molecule has 2 N–H and O–H groups in total. The molecule has 1 atom stereocenters. The first-order valence-electron chi connectivity index (χ1n) is 6.53. The number of carbonyl (C=O) groups excluding carboxylic acids is 1. The average molecular weight is 278 g/mol. The molecule has 0 unspecified atom stereocenters. The van der Waals surface area contributed by atoms with Gasteiger partial charge in [0.25, 0.3) is 0 Å². The SMILES string of the molecule is CN(C(=O)N1CCC[C@H](C(=O)O)C1)c1cccc(O)c1. The molecule has 108 valence electrons. The van der Waals surface area contributed by atoms with Gasteiger partial charge >= 0.3 is 12.0 Å². The first-order chi connectivity index (χ1) is 9.49. The van der Waals surface area contributed by atoms with Gasteiger partial charge in [0.15, 0.2) is 0 Å². The van der Waals surface area contributed by atoms with E-state index in [0.29, 0.717) is 25.1 Å². The number of phenols is 1. The standard InChI is InChI=1S/C14H18N2O4/c1-15(11-5-2-6-12(17)8-11)14(20)16-7-3-4-10(9-16)13(18)19/h2,5-6,8,10,17H,3-4,7,9H2,1H3,(H,18,19)/t10-/m0/s1. The summed E-state index contributed by atoms with van der Waals surface area (Å²) in [7, 11) is 1.61. The Labute approximate surface area is 117 Å². The molecule has 1 saturated heterocycles. The first kappa shape index (κ1) is 14.2. The number of aliphatic carboxylic acids is 1. The molecule has 1 aliphatic rings. The molecule has 6 nitrogen and oxygen atoms in total. The molecule has 6 heteroatoms. The third-order valence-corrected chi connectivity index (χ3v) is 3.55. The summed E-state index contributed by atoms with van der Waals surface area (Å²) in [5.74, 6) is -1.27. The lowest BCUT2D eigenvalue weighted by Crippen LogP contribution is -2.47. The number of rotatable bonds is 2. The number of aromatic hydroxyl groups is 1. The van der Waals surface area contributed by atoms with Crippen molar-refractivity contribution in [3.8, 4) is 5.75 Å². The van der Waals surface area contributed by atoms with E-state index < -0.39 is 11.9 Å². The maximum Gasteiger partial charge on any atom is 0.324 e. The van der Waals surface area contributed by atoms with Gasteiger partial charge in [0, 0.05) is 31.9 Å². The van der Waals surface area contributed by atoms with Crippen LogP contribution in [-0.4, -0.2) is 47.3 Å². The van der Waals surface area contributed by atoms with Gasteiger partial charge < -0.3 is 15.1 Å². The Morgan fingerprint density at radius 1 is 1.40 bits per heavy atom. The molecule has 0 aromatic heterocycles. The number of carboxylic acid groups (broad SMARTS) is 1. The molecule has 2 rings (SSSR count). The number of likely N-dealkylation sites (tertiary alicyclic amines) is 1. The molecule has 1 heterocycles. The number of carboxylic acids is 1. The van der Waals surface area contributed by atoms with E-state index in [9.17, 15) is 14.7 Å². The van der Waals surface area contributed by atoms with Gasteiger partial charge in [0.05, 0.1) is 5.92 Å². The number of phenolic OH excluding ortho intramolecular Hbond substituents is 1. The van der Waals surface area contributed by atoms with Gasteiger partial charge in [0.2, 0.25) is 0 Å². The molecule has 0 bridgehead atoms. The number of hydrogen-bond donors (Lipinski definition) is 2. The zero-order valence-electron chi connectivity index (χ0n) is 11.3. The highest BCUT2D eigenvalue weighted by molar-refractivity contribution is 5.92. The molecule has 0 saturated carbocycles. The quantitative estimate of drug-likeness (QED) is 0.863. The van der Waals surface area contributed by atoms with Gasteiger partial charge in [-0.2, -0.15) is 0 Å². The molecule has 0 radical (unpaired) electrons. The van der Waals surface area contributed by atoms with Crippen LogP contribution in [0.1, 0.15) is 12.8 Å². The molecular formula is C14H18N2O4. The number of urea groups is 1. The Kier molecular flexibility index (Phi) is 4.12. The fourth-order valence-corrected chi connectivity index (χ4v) is 2.38. The predicted molar refractivity (Wildman–Crippen MR) is 73.8 cm³/mol. The Morgan fingerprint density at radius 2 is 2.15 bits per heavy atom. The summed E-state index contributed by atoms with van der Waals surface area (Å²) in [4.78, 5) is 26.3. The number of piperidine rings is 1. The monoisotopic (exact) mass is 278 g/mol. The Morgan fingerprint density at radius 3 is 2.80 bits per heavy atom. The van der Waals surface area contributed by atoms with Crippen molar-refractivity contribution in [3.63, 3.8) is 0 Å². The van der Waals surface area contributed by atoms with E-state index in [0.717, 1.165) is 0 Å². The fourth-order valence-electron chi connectivity index (χ4n) is 2.38. The lowest BCUT2D eigenvalue weighted by atomic mass is 9.99. The van der Waals surface area contributed by atoms with E-state index >= 15 is 0 Å². The maximum atomic E-state index is 12.4. The van der Waals surface area contributed by atoms with E-state index in [1.54, 1.807) is 24.1 Å². The van der Waals surface area contributed by atoms with Crippen molar-refractivity contribution in [2.75, 3.05) is 25.0 Å². The summed E-state index contributed by atoms with van der Waals surface area (Å²) >= 11 is 0. The second kappa shape index (κ2) is 5.81. The van der Waals surface area contributed by atoms with Crippen molar-refractivity contribution >= 4 is 17.7 Å². The topological polar surface area (TPSA) is 81.1 Å². The van der Waals surface area contributed by atoms with Gasteiger partial charge in [-0.05, 0) is 25.0 Å². The number of anilines is 1. The van der Waals surface area contributed by atoms with Crippen LogP contribution in [-0.2, 0) is 4.79 Å². The van der Waals surface area contributed by atoms with Crippen molar-refractivity contribution in [1.29, 1.82) is 0 Å². The highest BCUT2D eigenvalue weighted by Crippen LogP contribution is 2.22. The highest BCUT2D eigenvalue weighted by Gasteiger charge is 2.29. The number of benzene rings is 1. The molecule has 1 aromatic carbocycles. The minimum atomic E-state index is -0.859. The molecule has 1 fully saturated rings. The van der Waals surface area contributed by atoms with Gasteiger partial charge in [0.1, 0.15) is 5.75 Å². The third kappa shape index (κ3) is 3.01. The molecule has 20 heavy (non-hydrogen) atoms. The normalized spacial score (nSPS) is 18.6. The largest absolute Gasteiger partial charge is 0.508 e. The Bertz CT molecular complexity index is 518. The number of amides is 2. The summed E-state index contributed by atoms with van der Waals surface area (Å²) < 4.78 is 0. The van der Waals surface area contributed by atoms with Gasteiger partial charge in [-0.15, -0.1) is 0 Å². The van der Waals surface area contributed by atoms with Crippen LogP contribution >= 0.6 is 0 Å². The summed E-state index contributed by atoms with van der Waals surface area (Å²) in [6.07, 6.45) is 1.30. The van der Waals surface area contributed by atoms with Crippen LogP contribution < -0.4 is 4.90 Å². The van der Waals surface area contributed by atoms with Crippen LogP contribution in [0.15, 0.2) is 24.3 Å². The van der Waals surface area contributed by atoms with Gasteiger partial charge in [-0.1, -0.05) is 6.07 Å². The van der Waals surface area contributed by atoms with Crippen molar-refractivity contribution in [2.45, 2.75) is 12.8 Å². The van der Waals surface area contributed by atoms with E-state index in [1.165, 1.54) is 17.0 Å². The van der Waals surface area contributed by atoms with Crippen molar-refractivity contribution in [3.05, 3.63) is 24.3 Å². The second-order valence-electron chi connectivity index (χ2n) is 4.98. The van der Waals surface area contributed by atoms with Crippen molar-refractivity contribution in [2.24, 2.45) is 5.92 Å². The van der Waals surface area contributed by atoms with Gasteiger partial charge in [-0.25, -0.2) is 4.79 Å². The van der Waals surface area contributed by atoms with E-state index in [4.69, 9.17) is 5.11 Å². The predicted octanol–water partition coefficient (Wildman–Crippen LogP) is 1.75. The van der Waals surface area contributed by atoms with E-state index in [-0.39, 0.29) is 18.3 Å². The van der Waals surface area contributed by atoms with E-state index in [1.807, 2.05) is 0 Å². The summed E-state index contributed by atoms with van der Waals surface area (Å²) in [5, 5.41) is 18.5. The van der Waals surface area contributed by atoms with Crippen LogP contribution in [0.3, 0.4) is 0 Å². The van der Waals surface area contributed by atoms with Crippen LogP contribution in [0.5, 0.6) is 5.75 Å². The minimum absolute atomic E-state index is 0.0872. The number of nitrogens with zero attached hydrogens (tertiary/aromatic N) is 2. The zero-order chi connectivity index (χ0) is 14.7. The first-order valence-corrected chi connectivity index (χ1v) is 6.53. The Hall–Kier alpha value is -2.24. The van der Waals surface area contributed by atoms with Crippen LogP contribution in [0.2, 0.25) is 0 Å². The summed E-state index contributed by atoms with van der Waals surface area (Å²) in [5.41, 5.74) is 0.576. The van der Waals surface area contributed by atoms with Crippen molar-refractivity contribution in [1.82, 2.24) is 4.90 Å². The summed E-state index contributed by atoms with van der Waals surface area (Å²) in [6.45, 7) is 0.795. The number of hydrogen-bond acceptors (Lipinski definition) is 3. The smallest absolute Gasteiger partial charge is 0.324 e. The maximum absolute atomic E-state index is 12.4. The fraction of sp³-hybridized carbons (Fsp3) is 0.429. The third-order valence-electron chi connectivity index (χ3n) is 3.55. The molecule has 1 aliphatic heterocycles. The molecule has 2 amide bonds. The zero-order valence-corrected chi connectivity index (χ0v) is 11.3. The highest BCUT2D eigenvalue weighted by atomic mass is 16.4. The van der Waals surface area contributed by atoms with E-state index in [2.05, 4.69) is 0 Å². The average Bonchev–Trinajstić information content (AvgIpc) is 2.45. The molecular weight excluding hydrogens is 260 g/mol. The second-order valence-corrected chi connectivity index (χ2v) is 4.98. The van der Waals surface area contributed by atoms with Crippen LogP contribution in [0, 0.1) is 5.92 Å². The minimum Gasteiger partial charge on any atom is -0.508 e. The number of carbonyl (C=O) groups is 2. The lowest BCUT2D eigenvalue weighted by Gasteiger charge is -2.33. The van der Waals surface area contributed by atoms with Crippen molar-refractivity contribution < 1.29 is 19.8 Å². The van der Waals surface area contributed by atoms with Crippen LogP contribution in [0.25, 0.3) is 0 Å². The molecule has 0 spiro atoms. The Balaban J connectivity index is 2.08. The molecule has 1 aromatic rings. The van der Waals surface area contributed by atoms with Gasteiger partial charge in [-0.3, -0.25) is 9.69 Å². The molecule has 0 aliphatic carbocycles.